The van der Waals surface area contributed by atoms with Crippen molar-refractivity contribution in [2.24, 2.45) is 11.8 Å². The summed E-state index contributed by atoms with van der Waals surface area (Å²) < 4.78 is 19.4. The van der Waals surface area contributed by atoms with Gasteiger partial charge in [0.15, 0.2) is 0 Å². The van der Waals surface area contributed by atoms with E-state index in [1.165, 1.54) is 6.07 Å². The van der Waals surface area contributed by atoms with Crippen LogP contribution in [0, 0.1) is 17.7 Å². The van der Waals surface area contributed by atoms with Crippen LogP contribution in [-0.4, -0.2) is 24.9 Å². The Balaban J connectivity index is 1.60. The van der Waals surface area contributed by atoms with Gasteiger partial charge in [-0.1, -0.05) is 31.5 Å². The van der Waals surface area contributed by atoms with Gasteiger partial charge in [-0.15, -0.1) is 0 Å². The number of ether oxygens (including phenoxy) is 1. The molecule has 0 aliphatic carbocycles. The summed E-state index contributed by atoms with van der Waals surface area (Å²) in [6, 6.07) is 11.4. The molecule has 2 aromatic rings. The third-order valence-electron chi connectivity index (χ3n) is 4.77. The Morgan fingerprint density at radius 1 is 1.28 bits per heavy atom. The van der Waals surface area contributed by atoms with Gasteiger partial charge in [0.1, 0.15) is 18.2 Å². The molecular weight excluding hydrogens is 395 g/mol. The van der Waals surface area contributed by atoms with Crippen LogP contribution in [0.4, 0.5) is 10.1 Å². The molecule has 1 atom stereocenters. The molecule has 3 rings (SSSR count). The number of benzene rings is 2. The molecule has 1 saturated heterocycles. The third kappa shape index (κ3) is 5.26. The molecule has 0 aromatic heterocycles. The largest absolute Gasteiger partial charge is 0.489 e. The molecule has 0 radical (unpaired) electrons. The molecule has 154 valence electrons. The summed E-state index contributed by atoms with van der Waals surface area (Å²) in [6.45, 7) is 5.01. The molecule has 2 aromatic carbocycles. The smallest absolute Gasteiger partial charge is 0.227 e. The summed E-state index contributed by atoms with van der Waals surface area (Å²) in [6.07, 6.45) is 0.202. The first-order chi connectivity index (χ1) is 13.8. The summed E-state index contributed by atoms with van der Waals surface area (Å²) in [5.41, 5.74) is 0.994. The van der Waals surface area contributed by atoms with Crippen molar-refractivity contribution in [3.05, 3.63) is 58.9 Å². The van der Waals surface area contributed by atoms with Crippen molar-refractivity contribution in [2.45, 2.75) is 26.9 Å². The molecule has 1 heterocycles. The molecule has 0 bridgehead atoms. The fourth-order valence-electron chi connectivity index (χ4n) is 3.13. The second-order valence-electron chi connectivity index (χ2n) is 7.53. The Labute approximate surface area is 174 Å². The Bertz CT molecular complexity index is 866. The summed E-state index contributed by atoms with van der Waals surface area (Å²) in [7, 11) is 0. The summed E-state index contributed by atoms with van der Waals surface area (Å²) in [4.78, 5) is 26.2. The zero-order chi connectivity index (χ0) is 21.0. The van der Waals surface area contributed by atoms with Crippen LogP contribution in [0.3, 0.4) is 0 Å². The maximum atomic E-state index is 13.8. The first kappa shape index (κ1) is 21.1. The van der Waals surface area contributed by atoms with E-state index >= 15 is 0 Å². The molecule has 1 N–H and O–H groups in total. The molecule has 1 unspecified atom stereocenters. The Kier molecular flexibility index (Phi) is 6.75. The number of halogens is 2. The zero-order valence-electron chi connectivity index (χ0n) is 16.5. The number of nitrogens with zero attached hydrogens (tertiary/aromatic N) is 1. The van der Waals surface area contributed by atoms with E-state index in [0.29, 0.717) is 41.0 Å². The SMILES string of the molecule is CC(C)CNC(=O)C1CC(=O)N(c2ccc(OCc3c(F)cccc3Cl)cc2)C1. The van der Waals surface area contributed by atoms with E-state index in [0.717, 1.165) is 0 Å². The van der Waals surface area contributed by atoms with Crippen LogP contribution in [0.1, 0.15) is 25.8 Å². The van der Waals surface area contributed by atoms with Gasteiger partial charge >= 0.3 is 0 Å². The van der Waals surface area contributed by atoms with Crippen molar-refractivity contribution in [3.63, 3.8) is 0 Å². The minimum atomic E-state index is -0.418. The molecule has 0 spiro atoms. The van der Waals surface area contributed by atoms with Gasteiger partial charge in [-0.3, -0.25) is 9.59 Å². The van der Waals surface area contributed by atoms with Crippen molar-refractivity contribution in [3.8, 4) is 5.75 Å². The van der Waals surface area contributed by atoms with Gasteiger partial charge in [0.2, 0.25) is 11.8 Å². The lowest BCUT2D eigenvalue weighted by molar-refractivity contribution is -0.126. The van der Waals surface area contributed by atoms with Crippen LogP contribution in [-0.2, 0) is 16.2 Å². The molecule has 1 aliphatic rings. The molecule has 29 heavy (non-hydrogen) atoms. The highest BCUT2D eigenvalue weighted by atomic mass is 35.5. The maximum absolute atomic E-state index is 13.8. The summed E-state index contributed by atoms with van der Waals surface area (Å²) >= 11 is 6.01. The first-order valence-electron chi connectivity index (χ1n) is 9.59. The third-order valence-corrected chi connectivity index (χ3v) is 5.13. The van der Waals surface area contributed by atoms with E-state index in [1.54, 1.807) is 41.3 Å². The predicted octanol–water partition coefficient (Wildman–Crippen LogP) is 4.18. The molecule has 2 amide bonds. The van der Waals surface area contributed by atoms with Crippen LogP contribution in [0.5, 0.6) is 5.75 Å². The Morgan fingerprint density at radius 3 is 2.66 bits per heavy atom. The number of amides is 2. The van der Waals surface area contributed by atoms with Crippen LogP contribution < -0.4 is 15.0 Å². The van der Waals surface area contributed by atoms with Crippen LogP contribution in [0.25, 0.3) is 0 Å². The molecule has 1 fully saturated rings. The topological polar surface area (TPSA) is 58.6 Å². The van der Waals surface area contributed by atoms with E-state index in [9.17, 15) is 14.0 Å². The number of rotatable bonds is 7. The van der Waals surface area contributed by atoms with Gasteiger partial charge in [-0.25, -0.2) is 4.39 Å². The summed E-state index contributed by atoms with van der Waals surface area (Å²) in [5, 5.41) is 3.20. The van der Waals surface area contributed by atoms with Gasteiger partial charge in [0, 0.05) is 30.8 Å². The fraction of sp³-hybridized carbons (Fsp3) is 0.364. The van der Waals surface area contributed by atoms with Crippen molar-refractivity contribution >= 4 is 29.1 Å². The second-order valence-corrected chi connectivity index (χ2v) is 7.93. The van der Waals surface area contributed by atoms with Crippen LogP contribution >= 0.6 is 11.6 Å². The number of hydrogen-bond acceptors (Lipinski definition) is 3. The molecule has 1 aliphatic heterocycles. The number of nitrogens with one attached hydrogen (secondary N) is 1. The summed E-state index contributed by atoms with van der Waals surface area (Å²) in [5.74, 6) is -0.0402. The number of hydrogen-bond donors (Lipinski definition) is 1. The van der Waals surface area contributed by atoms with Crippen molar-refractivity contribution in [1.29, 1.82) is 0 Å². The standard InChI is InChI=1S/C22H24ClFN2O3/c1-14(2)11-25-22(28)15-10-21(27)26(12-15)16-6-8-17(9-7-16)29-13-18-19(23)4-3-5-20(18)24/h3-9,14-15H,10-13H2,1-2H3,(H,25,28). The Morgan fingerprint density at radius 2 is 2.00 bits per heavy atom. The van der Waals surface area contributed by atoms with Crippen molar-refractivity contribution < 1.29 is 18.7 Å². The molecular formula is C22H24ClFN2O3. The number of carbonyl (C=O) groups is 2. The van der Waals surface area contributed by atoms with Gasteiger partial charge in [-0.05, 0) is 42.3 Å². The lowest BCUT2D eigenvalue weighted by Gasteiger charge is -2.17. The van der Waals surface area contributed by atoms with Crippen molar-refractivity contribution in [1.82, 2.24) is 5.32 Å². The first-order valence-corrected chi connectivity index (χ1v) is 9.96. The normalized spacial score (nSPS) is 16.4. The van der Waals surface area contributed by atoms with Gasteiger partial charge in [-0.2, -0.15) is 0 Å². The maximum Gasteiger partial charge on any atom is 0.227 e. The minimum Gasteiger partial charge on any atom is -0.489 e. The predicted molar refractivity (Wildman–Crippen MR) is 110 cm³/mol. The van der Waals surface area contributed by atoms with Gasteiger partial charge in [0.25, 0.3) is 0 Å². The van der Waals surface area contributed by atoms with E-state index in [2.05, 4.69) is 5.32 Å². The second kappa shape index (κ2) is 9.27. The minimum absolute atomic E-state index is 0.00555. The Hall–Kier alpha value is -2.60. The highest BCUT2D eigenvalue weighted by molar-refractivity contribution is 6.31. The van der Waals surface area contributed by atoms with Crippen LogP contribution in [0.2, 0.25) is 5.02 Å². The zero-order valence-corrected chi connectivity index (χ0v) is 17.2. The highest BCUT2D eigenvalue weighted by Crippen LogP contribution is 2.28. The number of carbonyl (C=O) groups excluding carboxylic acids is 2. The van der Waals surface area contributed by atoms with E-state index in [1.807, 2.05) is 13.8 Å². The number of anilines is 1. The van der Waals surface area contributed by atoms with Gasteiger partial charge in [0.05, 0.1) is 10.9 Å². The monoisotopic (exact) mass is 418 g/mol. The van der Waals surface area contributed by atoms with Crippen molar-refractivity contribution in [2.75, 3.05) is 18.0 Å². The highest BCUT2D eigenvalue weighted by Gasteiger charge is 2.35. The average molecular weight is 419 g/mol. The quantitative estimate of drug-likeness (QED) is 0.733. The lowest BCUT2D eigenvalue weighted by atomic mass is 10.1. The molecule has 0 saturated carbocycles. The lowest BCUT2D eigenvalue weighted by Crippen LogP contribution is -2.34. The van der Waals surface area contributed by atoms with E-state index in [4.69, 9.17) is 16.3 Å². The van der Waals surface area contributed by atoms with Crippen LogP contribution in [0.15, 0.2) is 42.5 Å². The van der Waals surface area contributed by atoms with E-state index < -0.39 is 5.82 Å². The molecule has 5 nitrogen and oxygen atoms in total. The fourth-order valence-corrected chi connectivity index (χ4v) is 3.35. The molecule has 7 heteroatoms. The average Bonchev–Trinajstić information content (AvgIpc) is 3.08. The van der Waals surface area contributed by atoms with E-state index in [-0.39, 0.29) is 30.8 Å². The van der Waals surface area contributed by atoms with Gasteiger partial charge < -0.3 is 15.0 Å².